The van der Waals surface area contributed by atoms with E-state index < -0.39 is 0 Å². The highest BCUT2D eigenvalue weighted by molar-refractivity contribution is 7.13. The van der Waals surface area contributed by atoms with Gasteiger partial charge in [-0.2, -0.15) is 0 Å². The number of carbonyl (C=O) groups is 1. The second kappa shape index (κ2) is 9.60. The topological polar surface area (TPSA) is 51.2 Å². The van der Waals surface area contributed by atoms with Gasteiger partial charge in [-0.3, -0.25) is 4.79 Å². The molecule has 1 heterocycles. The summed E-state index contributed by atoms with van der Waals surface area (Å²) in [5.74, 6) is 0.587. The number of methoxy groups -OCH3 is 1. The Hall–Kier alpha value is -3.41. The van der Waals surface area contributed by atoms with Gasteiger partial charge in [0, 0.05) is 33.3 Å². The van der Waals surface area contributed by atoms with Crippen LogP contribution in [0.25, 0.3) is 27.9 Å². The van der Waals surface area contributed by atoms with E-state index in [2.05, 4.69) is 5.32 Å². The van der Waals surface area contributed by atoms with Crippen molar-refractivity contribution in [3.05, 3.63) is 94.8 Å². The van der Waals surface area contributed by atoms with Crippen LogP contribution >= 0.6 is 22.9 Å². The number of anilines is 1. The SMILES string of the molecule is COc1ccc(/C=C/C(=O)Nc2ccc(-c3csc(-c4ccc(Cl)cc4)n3)cc2)cc1. The fraction of sp³-hybridized carbons (Fsp3) is 0.0400. The second-order valence-electron chi connectivity index (χ2n) is 6.72. The van der Waals surface area contributed by atoms with E-state index >= 15 is 0 Å². The Kier molecular flexibility index (Phi) is 6.46. The minimum absolute atomic E-state index is 0.192. The average molecular weight is 447 g/mol. The van der Waals surface area contributed by atoms with Crippen LogP contribution < -0.4 is 10.1 Å². The van der Waals surface area contributed by atoms with Crippen LogP contribution in [0.1, 0.15) is 5.56 Å². The first kappa shape index (κ1) is 20.8. The first-order chi connectivity index (χ1) is 15.1. The summed E-state index contributed by atoms with van der Waals surface area (Å²) >= 11 is 7.54. The molecule has 1 aromatic heterocycles. The molecule has 1 N–H and O–H groups in total. The monoisotopic (exact) mass is 446 g/mol. The van der Waals surface area contributed by atoms with Gasteiger partial charge in [0.25, 0.3) is 0 Å². The summed E-state index contributed by atoms with van der Waals surface area (Å²) in [7, 11) is 1.62. The van der Waals surface area contributed by atoms with E-state index in [4.69, 9.17) is 21.3 Å². The Labute approximate surface area is 189 Å². The summed E-state index contributed by atoms with van der Waals surface area (Å²) in [5, 5.41) is 6.54. The molecule has 0 aliphatic carbocycles. The van der Waals surface area contributed by atoms with Gasteiger partial charge in [-0.15, -0.1) is 11.3 Å². The van der Waals surface area contributed by atoms with Gasteiger partial charge in [0.15, 0.2) is 0 Å². The van der Waals surface area contributed by atoms with Gasteiger partial charge in [-0.05, 0) is 48.0 Å². The van der Waals surface area contributed by atoms with Crippen molar-refractivity contribution in [1.82, 2.24) is 4.98 Å². The van der Waals surface area contributed by atoms with Crippen molar-refractivity contribution < 1.29 is 9.53 Å². The molecule has 154 valence electrons. The van der Waals surface area contributed by atoms with E-state index in [0.29, 0.717) is 5.02 Å². The highest BCUT2D eigenvalue weighted by Gasteiger charge is 2.07. The number of hydrogen-bond acceptors (Lipinski definition) is 4. The maximum Gasteiger partial charge on any atom is 0.248 e. The van der Waals surface area contributed by atoms with E-state index in [1.165, 1.54) is 6.08 Å². The molecule has 4 nitrogen and oxygen atoms in total. The lowest BCUT2D eigenvalue weighted by molar-refractivity contribution is -0.111. The highest BCUT2D eigenvalue weighted by atomic mass is 35.5. The average Bonchev–Trinajstić information content (AvgIpc) is 3.29. The molecule has 0 saturated carbocycles. The summed E-state index contributed by atoms with van der Waals surface area (Å²) in [4.78, 5) is 16.9. The third-order valence-corrected chi connectivity index (χ3v) is 5.73. The standard InChI is InChI=1S/C25H19ClN2O2S/c1-30-22-13-2-17(3-14-22)4-15-24(29)27-21-11-7-18(8-12-21)23-16-31-25(28-23)19-5-9-20(26)10-6-19/h2-16H,1H3,(H,27,29)/b15-4+. The molecule has 0 spiro atoms. The maximum atomic E-state index is 12.2. The number of amides is 1. The van der Waals surface area contributed by atoms with Gasteiger partial charge < -0.3 is 10.1 Å². The van der Waals surface area contributed by atoms with Crippen LogP contribution in [-0.4, -0.2) is 18.0 Å². The van der Waals surface area contributed by atoms with E-state index in [1.54, 1.807) is 24.5 Å². The number of rotatable bonds is 6. The molecule has 4 rings (SSSR count). The van der Waals surface area contributed by atoms with E-state index in [-0.39, 0.29) is 5.91 Å². The van der Waals surface area contributed by atoms with Gasteiger partial charge >= 0.3 is 0 Å². The molecule has 0 aliphatic heterocycles. The van der Waals surface area contributed by atoms with Crippen LogP contribution in [0.15, 0.2) is 84.3 Å². The number of nitrogens with zero attached hydrogens (tertiary/aromatic N) is 1. The normalized spacial score (nSPS) is 10.9. The highest BCUT2D eigenvalue weighted by Crippen LogP contribution is 2.30. The van der Waals surface area contributed by atoms with E-state index in [9.17, 15) is 4.79 Å². The van der Waals surface area contributed by atoms with Crippen LogP contribution in [0, 0.1) is 0 Å². The molecule has 0 saturated heterocycles. The molecule has 0 radical (unpaired) electrons. The predicted octanol–water partition coefficient (Wildman–Crippen LogP) is 6.79. The minimum Gasteiger partial charge on any atom is -0.497 e. The number of aromatic nitrogens is 1. The molecule has 0 fully saturated rings. The Morgan fingerprint density at radius 2 is 1.65 bits per heavy atom. The second-order valence-corrected chi connectivity index (χ2v) is 8.01. The summed E-state index contributed by atoms with van der Waals surface area (Å²) in [6.45, 7) is 0. The van der Waals surface area contributed by atoms with Crippen LogP contribution in [-0.2, 0) is 4.79 Å². The van der Waals surface area contributed by atoms with Gasteiger partial charge in [-0.25, -0.2) is 4.98 Å². The number of thiazole rings is 1. The largest absolute Gasteiger partial charge is 0.497 e. The Balaban J connectivity index is 1.39. The molecule has 1 amide bonds. The van der Waals surface area contributed by atoms with Crippen molar-refractivity contribution in [2.24, 2.45) is 0 Å². The number of carbonyl (C=O) groups excluding carboxylic acids is 1. The first-order valence-electron chi connectivity index (χ1n) is 9.56. The zero-order valence-corrected chi connectivity index (χ0v) is 18.3. The first-order valence-corrected chi connectivity index (χ1v) is 10.8. The number of hydrogen-bond donors (Lipinski definition) is 1. The maximum absolute atomic E-state index is 12.2. The van der Waals surface area contributed by atoms with Crippen LogP contribution in [0.2, 0.25) is 5.02 Å². The van der Waals surface area contributed by atoms with Crippen molar-refractivity contribution in [3.63, 3.8) is 0 Å². The third kappa shape index (κ3) is 5.40. The summed E-state index contributed by atoms with van der Waals surface area (Å²) < 4.78 is 5.13. The van der Waals surface area contributed by atoms with Gasteiger partial charge in [0.05, 0.1) is 12.8 Å². The zero-order chi connectivity index (χ0) is 21.6. The van der Waals surface area contributed by atoms with Crippen LogP contribution in [0.5, 0.6) is 5.75 Å². The fourth-order valence-corrected chi connectivity index (χ4v) is 3.89. The van der Waals surface area contributed by atoms with Crippen molar-refractivity contribution in [2.75, 3.05) is 12.4 Å². The molecule has 3 aromatic carbocycles. The van der Waals surface area contributed by atoms with Crippen molar-refractivity contribution in [1.29, 1.82) is 0 Å². The summed E-state index contributed by atoms with van der Waals surface area (Å²) in [5.41, 5.74) is 4.57. The van der Waals surface area contributed by atoms with E-state index in [0.717, 1.165) is 38.8 Å². The van der Waals surface area contributed by atoms with Crippen molar-refractivity contribution in [2.45, 2.75) is 0 Å². The molecule has 0 unspecified atom stereocenters. The molecular formula is C25H19ClN2O2S. The van der Waals surface area contributed by atoms with Gasteiger partial charge in [-0.1, -0.05) is 48.0 Å². The number of halogens is 1. The zero-order valence-electron chi connectivity index (χ0n) is 16.7. The third-order valence-electron chi connectivity index (χ3n) is 4.59. The smallest absolute Gasteiger partial charge is 0.248 e. The molecule has 0 bridgehead atoms. The number of benzene rings is 3. The Bertz CT molecular complexity index is 1200. The van der Waals surface area contributed by atoms with Crippen molar-refractivity contribution in [3.8, 4) is 27.6 Å². The van der Waals surface area contributed by atoms with E-state index in [1.807, 2.05) is 78.2 Å². The molecule has 0 atom stereocenters. The molecular weight excluding hydrogens is 428 g/mol. The summed E-state index contributed by atoms with van der Waals surface area (Å²) in [6.07, 6.45) is 3.27. The molecule has 6 heteroatoms. The molecule has 4 aromatic rings. The quantitative estimate of drug-likeness (QED) is 0.332. The van der Waals surface area contributed by atoms with Gasteiger partial charge in [0.2, 0.25) is 5.91 Å². The lowest BCUT2D eigenvalue weighted by Gasteiger charge is -2.04. The fourth-order valence-electron chi connectivity index (χ4n) is 2.93. The Morgan fingerprint density at radius 1 is 0.968 bits per heavy atom. The van der Waals surface area contributed by atoms with Crippen molar-refractivity contribution >= 4 is 40.6 Å². The minimum atomic E-state index is -0.192. The molecule has 0 aliphatic rings. The lowest BCUT2D eigenvalue weighted by Crippen LogP contribution is -2.07. The van der Waals surface area contributed by atoms with Crippen LogP contribution in [0.3, 0.4) is 0 Å². The van der Waals surface area contributed by atoms with Gasteiger partial charge in [0.1, 0.15) is 10.8 Å². The Morgan fingerprint density at radius 3 is 2.32 bits per heavy atom. The van der Waals surface area contributed by atoms with Crippen LogP contribution in [0.4, 0.5) is 5.69 Å². The molecule has 31 heavy (non-hydrogen) atoms. The lowest BCUT2D eigenvalue weighted by atomic mass is 10.1. The summed E-state index contributed by atoms with van der Waals surface area (Å²) in [6, 6.07) is 22.8. The predicted molar refractivity (Wildman–Crippen MR) is 129 cm³/mol. The number of ether oxygens (including phenoxy) is 1. The number of nitrogens with one attached hydrogen (secondary N) is 1.